The number of hydrogen-bond acceptors (Lipinski definition) is 6. The molecule has 1 amide bonds. The number of fused-ring (bicyclic) bond motifs is 1. The number of benzene rings is 2. The number of aryl methyl sites for hydroxylation is 1. The van der Waals surface area contributed by atoms with E-state index in [0.29, 0.717) is 28.0 Å². The maximum absolute atomic E-state index is 13.4. The van der Waals surface area contributed by atoms with Crippen molar-refractivity contribution >= 4 is 32.6 Å². The summed E-state index contributed by atoms with van der Waals surface area (Å²) in [6.07, 6.45) is 1.59. The van der Waals surface area contributed by atoms with Crippen LogP contribution in [0.4, 0.5) is 5.13 Å². The number of hydrogen-bond donors (Lipinski definition) is 0. The van der Waals surface area contributed by atoms with Crippen molar-refractivity contribution in [1.82, 2.24) is 4.98 Å². The van der Waals surface area contributed by atoms with E-state index in [2.05, 4.69) is 0 Å². The second kappa shape index (κ2) is 7.97. The quantitative estimate of drug-likeness (QED) is 0.446. The molecule has 0 saturated heterocycles. The molecule has 0 N–H and O–H groups in total. The second-order valence-corrected chi connectivity index (χ2v) is 7.44. The number of anilines is 1. The normalized spacial score (nSPS) is 10.9. The van der Waals surface area contributed by atoms with Gasteiger partial charge in [0.1, 0.15) is 22.8 Å². The van der Waals surface area contributed by atoms with Crippen LogP contribution in [0.15, 0.2) is 59.2 Å². The molecule has 29 heavy (non-hydrogen) atoms. The first kappa shape index (κ1) is 19.0. The number of methoxy groups -OCH3 is 2. The lowest BCUT2D eigenvalue weighted by atomic mass is 10.2. The van der Waals surface area contributed by atoms with Crippen LogP contribution in [0.25, 0.3) is 10.2 Å². The van der Waals surface area contributed by atoms with Crippen molar-refractivity contribution in [3.05, 3.63) is 71.7 Å². The van der Waals surface area contributed by atoms with Crippen LogP contribution in [0.5, 0.6) is 11.5 Å². The minimum Gasteiger partial charge on any atom is -0.497 e. The zero-order valence-electron chi connectivity index (χ0n) is 16.3. The Morgan fingerprint density at radius 3 is 2.55 bits per heavy atom. The number of carbonyl (C=O) groups excluding carboxylic acids is 1. The van der Waals surface area contributed by atoms with Gasteiger partial charge >= 0.3 is 0 Å². The highest BCUT2D eigenvalue weighted by Crippen LogP contribution is 2.37. The molecule has 0 aliphatic heterocycles. The lowest BCUT2D eigenvalue weighted by Crippen LogP contribution is -2.30. The number of aromatic nitrogens is 1. The number of furan rings is 1. The molecule has 0 atom stereocenters. The van der Waals surface area contributed by atoms with Gasteiger partial charge in [0.15, 0.2) is 5.13 Å². The Bertz CT molecular complexity index is 1130. The van der Waals surface area contributed by atoms with Crippen LogP contribution in [0.3, 0.4) is 0 Å². The summed E-state index contributed by atoms with van der Waals surface area (Å²) >= 11 is 1.46. The van der Waals surface area contributed by atoms with Gasteiger partial charge in [-0.15, -0.1) is 0 Å². The number of thiazole rings is 1. The molecular weight excluding hydrogens is 388 g/mol. The highest BCUT2D eigenvalue weighted by Gasteiger charge is 2.24. The van der Waals surface area contributed by atoms with E-state index in [9.17, 15) is 4.79 Å². The summed E-state index contributed by atoms with van der Waals surface area (Å²) in [6.45, 7) is 2.30. The first-order valence-electron chi connectivity index (χ1n) is 9.03. The van der Waals surface area contributed by atoms with Crippen LogP contribution in [-0.2, 0) is 6.54 Å². The molecule has 0 unspecified atom stereocenters. The Labute approximate surface area is 172 Å². The molecule has 0 aliphatic carbocycles. The van der Waals surface area contributed by atoms with E-state index < -0.39 is 0 Å². The molecule has 148 valence electrons. The first-order chi connectivity index (χ1) is 14.1. The number of nitrogens with zero attached hydrogens (tertiary/aromatic N) is 2. The molecule has 2 heterocycles. The van der Waals surface area contributed by atoms with E-state index >= 15 is 0 Å². The Morgan fingerprint density at radius 1 is 1.10 bits per heavy atom. The van der Waals surface area contributed by atoms with Gasteiger partial charge < -0.3 is 13.9 Å². The Kier molecular flexibility index (Phi) is 5.22. The SMILES string of the molecule is COc1ccc(C(=O)N(Cc2ccco2)c2nc3c(OC)ccc(C)c3s2)cc1. The summed E-state index contributed by atoms with van der Waals surface area (Å²) < 4.78 is 17.1. The van der Waals surface area contributed by atoms with Crippen LogP contribution in [0, 0.1) is 6.92 Å². The zero-order valence-corrected chi connectivity index (χ0v) is 17.2. The van der Waals surface area contributed by atoms with Gasteiger partial charge in [-0.1, -0.05) is 17.4 Å². The van der Waals surface area contributed by atoms with E-state index in [4.69, 9.17) is 18.9 Å². The Morgan fingerprint density at radius 2 is 1.90 bits per heavy atom. The first-order valence-corrected chi connectivity index (χ1v) is 9.85. The fourth-order valence-electron chi connectivity index (χ4n) is 3.05. The van der Waals surface area contributed by atoms with Crippen LogP contribution >= 0.6 is 11.3 Å². The van der Waals surface area contributed by atoms with E-state index in [1.807, 2.05) is 25.1 Å². The van der Waals surface area contributed by atoms with Crippen molar-refractivity contribution in [3.63, 3.8) is 0 Å². The van der Waals surface area contributed by atoms with Crippen LogP contribution < -0.4 is 14.4 Å². The van der Waals surface area contributed by atoms with Gasteiger partial charge in [-0.25, -0.2) is 4.98 Å². The third kappa shape index (κ3) is 3.69. The van der Waals surface area contributed by atoms with E-state index in [1.165, 1.54) is 11.3 Å². The van der Waals surface area contributed by atoms with Gasteiger partial charge in [-0.05, 0) is 55.0 Å². The Balaban J connectivity index is 1.79. The van der Waals surface area contributed by atoms with Crippen molar-refractivity contribution in [2.75, 3.05) is 19.1 Å². The highest BCUT2D eigenvalue weighted by atomic mass is 32.1. The predicted octanol–water partition coefficient (Wildman–Crippen LogP) is 5.06. The lowest BCUT2D eigenvalue weighted by Gasteiger charge is -2.19. The number of amides is 1. The molecular formula is C22H20N2O4S. The third-order valence-corrected chi connectivity index (χ3v) is 5.83. The number of carbonyl (C=O) groups is 1. The molecule has 6 nitrogen and oxygen atoms in total. The molecule has 2 aromatic carbocycles. The summed E-state index contributed by atoms with van der Waals surface area (Å²) in [5, 5.41) is 0.588. The highest BCUT2D eigenvalue weighted by molar-refractivity contribution is 7.22. The van der Waals surface area contributed by atoms with Gasteiger partial charge in [0.25, 0.3) is 5.91 Å². The van der Waals surface area contributed by atoms with Gasteiger partial charge in [0, 0.05) is 5.56 Å². The standard InChI is InChI=1S/C22H20N2O4S/c1-14-6-11-18(27-3)19-20(14)29-22(23-19)24(13-17-5-4-12-28-17)21(25)15-7-9-16(26-2)10-8-15/h4-12H,13H2,1-3H3. The minimum atomic E-state index is -0.167. The maximum Gasteiger partial charge on any atom is 0.260 e. The number of ether oxygens (including phenoxy) is 2. The third-order valence-electron chi connectivity index (χ3n) is 4.62. The molecule has 0 radical (unpaired) electrons. The van der Waals surface area contributed by atoms with Crippen LogP contribution in [-0.4, -0.2) is 25.1 Å². The average molecular weight is 408 g/mol. The van der Waals surface area contributed by atoms with Crippen LogP contribution in [0.2, 0.25) is 0 Å². The van der Waals surface area contributed by atoms with Crippen molar-refractivity contribution in [3.8, 4) is 11.5 Å². The average Bonchev–Trinajstić information content (AvgIpc) is 3.42. The predicted molar refractivity (Wildman–Crippen MR) is 113 cm³/mol. The summed E-state index contributed by atoms with van der Waals surface area (Å²) in [4.78, 5) is 19.7. The molecule has 2 aromatic heterocycles. The maximum atomic E-state index is 13.4. The molecule has 4 aromatic rings. The zero-order chi connectivity index (χ0) is 20.4. The molecule has 0 bridgehead atoms. The molecule has 0 fully saturated rings. The van der Waals surface area contributed by atoms with Gasteiger partial charge in [-0.3, -0.25) is 9.69 Å². The van der Waals surface area contributed by atoms with Crippen LogP contribution in [0.1, 0.15) is 21.7 Å². The molecule has 7 heteroatoms. The van der Waals surface area contributed by atoms with Gasteiger partial charge in [-0.2, -0.15) is 0 Å². The van der Waals surface area contributed by atoms with Crippen molar-refractivity contribution < 1.29 is 18.7 Å². The molecule has 4 rings (SSSR count). The molecule has 0 saturated carbocycles. The monoisotopic (exact) mass is 408 g/mol. The lowest BCUT2D eigenvalue weighted by molar-refractivity contribution is 0.0983. The van der Waals surface area contributed by atoms with Gasteiger partial charge in [0.05, 0.1) is 31.7 Å². The van der Waals surface area contributed by atoms with Gasteiger partial charge in [0.2, 0.25) is 0 Å². The largest absolute Gasteiger partial charge is 0.497 e. The number of rotatable bonds is 6. The second-order valence-electron chi connectivity index (χ2n) is 6.46. The molecule has 0 spiro atoms. The minimum absolute atomic E-state index is 0.167. The van der Waals surface area contributed by atoms with E-state index in [1.54, 1.807) is 55.7 Å². The van der Waals surface area contributed by atoms with E-state index in [-0.39, 0.29) is 12.5 Å². The van der Waals surface area contributed by atoms with Crippen molar-refractivity contribution in [2.45, 2.75) is 13.5 Å². The topological polar surface area (TPSA) is 64.8 Å². The smallest absolute Gasteiger partial charge is 0.260 e. The summed E-state index contributed by atoms with van der Waals surface area (Å²) in [5.41, 5.74) is 2.37. The van der Waals surface area contributed by atoms with Crippen molar-refractivity contribution in [2.24, 2.45) is 0 Å². The summed E-state index contributed by atoms with van der Waals surface area (Å²) in [7, 11) is 3.21. The summed E-state index contributed by atoms with van der Waals surface area (Å²) in [6, 6.07) is 14.6. The summed E-state index contributed by atoms with van der Waals surface area (Å²) in [5.74, 6) is 1.89. The fourth-order valence-corrected chi connectivity index (χ4v) is 4.10. The van der Waals surface area contributed by atoms with Crippen molar-refractivity contribution in [1.29, 1.82) is 0 Å². The molecule has 0 aliphatic rings. The van der Waals surface area contributed by atoms with E-state index in [0.717, 1.165) is 15.8 Å². The Hall–Kier alpha value is -3.32. The fraction of sp³-hybridized carbons (Fsp3) is 0.182.